The molecule has 1 unspecified atom stereocenters. The summed E-state index contributed by atoms with van der Waals surface area (Å²) in [6.07, 6.45) is 2.84. The van der Waals surface area contributed by atoms with Crippen LogP contribution in [0.4, 0.5) is 0 Å². The number of thiophene rings is 1. The zero-order valence-electron chi connectivity index (χ0n) is 7.66. The SMILES string of the molecule is c1csc(C2NCCc3[nH]cnc32)c1. The van der Waals surface area contributed by atoms with Crippen molar-refractivity contribution in [2.45, 2.75) is 12.5 Å². The second-order valence-corrected chi connectivity index (χ2v) is 4.40. The molecule has 0 radical (unpaired) electrons. The van der Waals surface area contributed by atoms with Crippen molar-refractivity contribution >= 4 is 11.3 Å². The number of aromatic nitrogens is 2. The molecule has 2 N–H and O–H groups in total. The van der Waals surface area contributed by atoms with Crippen LogP contribution in [0.5, 0.6) is 0 Å². The van der Waals surface area contributed by atoms with Crippen LogP contribution in [0.25, 0.3) is 0 Å². The largest absolute Gasteiger partial charge is 0.348 e. The van der Waals surface area contributed by atoms with Gasteiger partial charge in [0.2, 0.25) is 0 Å². The van der Waals surface area contributed by atoms with E-state index < -0.39 is 0 Å². The Morgan fingerprint density at radius 1 is 1.50 bits per heavy atom. The first-order valence-electron chi connectivity index (χ1n) is 4.74. The highest BCUT2D eigenvalue weighted by Crippen LogP contribution is 2.28. The zero-order valence-corrected chi connectivity index (χ0v) is 8.47. The van der Waals surface area contributed by atoms with Crippen molar-refractivity contribution in [2.24, 2.45) is 0 Å². The van der Waals surface area contributed by atoms with Gasteiger partial charge in [-0.3, -0.25) is 0 Å². The average molecular weight is 205 g/mol. The number of nitrogens with one attached hydrogen (secondary N) is 2. The van der Waals surface area contributed by atoms with Crippen molar-refractivity contribution in [3.05, 3.63) is 40.1 Å². The zero-order chi connectivity index (χ0) is 9.38. The Bertz CT molecular complexity index is 418. The van der Waals surface area contributed by atoms with E-state index in [0.717, 1.165) is 13.0 Å². The van der Waals surface area contributed by atoms with Gasteiger partial charge < -0.3 is 10.3 Å². The summed E-state index contributed by atoms with van der Waals surface area (Å²) >= 11 is 1.78. The molecule has 0 bridgehead atoms. The molecule has 0 saturated carbocycles. The summed E-state index contributed by atoms with van der Waals surface area (Å²) in [5, 5.41) is 5.60. The lowest BCUT2D eigenvalue weighted by atomic mass is 10.0. The molecule has 0 spiro atoms. The fourth-order valence-electron chi connectivity index (χ4n) is 1.91. The van der Waals surface area contributed by atoms with Gasteiger partial charge in [-0.25, -0.2) is 4.98 Å². The van der Waals surface area contributed by atoms with E-state index in [1.165, 1.54) is 16.3 Å². The van der Waals surface area contributed by atoms with E-state index >= 15 is 0 Å². The van der Waals surface area contributed by atoms with Crippen molar-refractivity contribution in [1.29, 1.82) is 0 Å². The molecule has 2 aromatic heterocycles. The first kappa shape index (κ1) is 8.20. The second kappa shape index (κ2) is 3.22. The van der Waals surface area contributed by atoms with E-state index in [2.05, 4.69) is 32.8 Å². The summed E-state index contributed by atoms with van der Waals surface area (Å²) in [5.74, 6) is 0. The molecule has 0 saturated heterocycles. The maximum absolute atomic E-state index is 4.38. The molecular formula is C10H11N3S. The van der Waals surface area contributed by atoms with Crippen molar-refractivity contribution < 1.29 is 0 Å². The lowest BCUT2D eigenvalue weighted by Crippen LogP contribution is -2.30. The minimum Gasteiger partial charge on any atom is -0.348 e. The third kappa shape index (κ3) is 1.19. The predicted molar refractivity (Wildman–Crippen MR) is 56.5 cm³/mol. The van der Waals surface area contributed by atoms with Gasteiger partial charge in [-0.1, -0.05) is 6.07 Å². The number of rotatable bonds is 1. The first-order chi connectivity index (χ1) is 6.95. The van der Waals surface area contributed by atoms with Crippen LogP contribution in [0.1, 0.15) is 22.3 Å². The monoisotopic (exact) mass is 205 g/mol. The molecule has 0 amide bonds. The Morgan fingerprint density at radius 2 is 2.50 bits per heavy atom. The van der Waals surface area contributed by atoms with Gasteiger partial charge in [-0.05, 0) is 11.4 Å². The summed E-state index contributed by atoms with van der Waals surface area (Å²) in [6.45, 7) is 1.03. The standard InChI is InChI=1S/C10H11N3S/c1-2-8(14-5-1)10-9-7(3-4-11-10)12-6-13-9/h1-2,5-6,10-11H,3-4H2,(H,12,13). The van der Waals surface area contributed by atoms with E-state index in [1.807, 2.05) is 0 Å². The Labute approximate surface area is 86.2 Å². The summed E-state index contributed by atoms with van der Waals surface area (Å²) in [5.41, 5.74) is 2.45. The predicted octanol–water partition coefficient (Wildman–Crippen LogP) is 1.71. The normalized spacial score (nSPS) is 20.7. The van der Waals surface area contributed by atoms with Crippen LogP contribution in [0.2, 0.25) is 0 Å². The second-order valence-electron chi connectivity index (χ2n) is 3.42. The minimum atomic E-state index is 0.296. The van der Waals surface area contributed by atoms with Crippen LogP contribution in [0.15, 0.2) is 23.8 Å². The van der Waals surface area contributed by atoms with Crippen molar-refractivity contribution in [1.82, 2.24) is 15.3 Å². The molecule has 0 aliphatic carbocycles. The number of fused-ring (bicyclic) bond motifs is 1. The van der Waals surface area contributed by atoms with Crippen LogP contribution in [-0.4, -0.2) is 16.5 Å². The molecule has 14 heavy (non-hydrogen) atoms. The van der Waals surface area contributed by atoms with Gasteiger partial charge in [-0.2, -0.15) is 0 Å². The van der Waals surface area contributed by atoms with Gasteiger partial charge >= 0.3 is 0 Å². The summed E-state index contributed by atoms with van der Waals surface area (Å²) in [6, 6.07) is 4.54. The van der Waals surface area contributed by atoms with Gasteiger partial charge in [0.1, 0.15) is 0 Å². The Balaban J connectivity index is 2.04. The third-order valence-electron chi connectivity index (χ3n) is 2.58. The molecule has 0 aromatic carbocycles. The molecule has 3 rings (SSSR count). The third-order valence-corrected chi connectivity index (χ3v) is 3.51. The van der Waals surface area contributed by atoms with E-state index in [4.69, 9.17) is 0 Å². The minimum absolute atomic E-state index is 0.296. The Kier molecular flexibility index (Phi) is 1.89. The van der Waals surface area contributed by atoms with Gasteiger partial charge in [0.15, 0.2) is 0 Å². The average Bonchev–Trinajstić information content (AvgIpc) is 2.88. The fourth-order valence-corrected chi connectivity index (χ4v) is 2.71. The number of nitrogens with zero attached hydrogens (tertiary/aromatic N) is 1. The van der Waals surface area contributed by atoms with Gasteiger partial charge in [0.05, 0.1) is 18.1 Å². The van der Waals surface area contributed by atoms with Crippen LogP contribution >= 0.6 is 11.3 Å². The molecule has 3 nitrogen and oxygen atoms in total. The number of aromatic amines is 1. The van der Waals surface area contributed by atoms with E-state index in [-0.39, 0.29) is 0 Å². The molecule has 2 aromatic rings. The summed E-state index contributed by atoms with van der Waals surface area (Å²) < 4.78 is 0. The van der Waals surface area contributed by atoms with E-state index in [1.54, 1.807) is 17.7 Å². The van der Waals surface area contributed by atoms with Gasteiger partial charge in [-0.15, -0.1) is 11.3 Å². The van der Waals surface area contributed by atoms with Crippen LogP contribution in [0.3, 0.4) is 0 Å². The highest BCUT2D eigenvalue weighted by molar-refractivity contribution is 7.10. The van der Waals surface area contributed by atoms with Crippen LogP contribution in [-0.2, 0) is 6.42 Å². The smallest absolute Gasteiger partial charge is 0.0926 e. The molecule has 72 valence electrons. The van der Waals surface area contributed by atoms with Gasteiger partial charge in [0, 0.05) is 23.5 Å². The molecular weight excluding hydrogens is 194 g/mol. The topological polar surface area (TPSA) is 40.7 Å². The lowest BCUT2D eigenvalue weighted by Gasteiger charge is -2.21. The number of imidazole rings is 1. The van der Waals surface area contributed by atoms with Crippen molar-refractivity contribution in [3.8, 4) is 0 Å². The highest BCUT2D eigenvalue weighted by Gasteiger charge is 2.23. The number of H-pyrrole nitrogens is 1. The molecule has 0 fully saturated rings. The molecule has 1 aliphatic rings. The fraction of sp³-hybridized carbons (Fsp3) is 0.300. The van der Waals surface area contributed by atoms with E-state index in [9.17, 15) is 0 Å². The maximum Gasteiger partial charge on any atom is 0.0926 e. The van der Waals surface area contributed by atoms with Crippen molar-refractivity contribution in [2.75, 3.05) is 6.54 Å². The van der Waals surface area contributed by atoms with E-state index in [0.29, 0.717) is 6.04 Å². The Morgan fingerprint density at radius 3 is 3.36 bits per heavy atom. The molecule has 4 heteroatoms. The quantitative estimate of drug-likeness (QED) is 0.744. The summed E-state index contributed by atoms with van der Waals surface area (Å²) in [7, 11) is 0. The lowest BCUT2D eigenvalue weighted by molar-refractivity contribution is 0.560. The maximum atomic E-state index is 4.38. The Hall–Kier alpha value is -1.13. The number of hydrogen-bond donors (Lipinski definition) is 2. The number of hydrogen-bond acceptors (Lipinski definition) is 3. The van der Waals surface area contributed by atoms with Crippen LogP contribution in [0, 0.1) is 0 Å². The first-order valence-corrected chi connectivity index (χ1v) is 5.62. The van der Waals surface area contributed by atoms with Gasteiger partial charge in [0.25, 0.3) is 0 Å². The molecule has 3 heterocycles. The highest BCUT2D eigenvalue weighted by atomic mass is 32.1. The van der Waals surface area contributed by atoms with Crippen molar-refractivity contribution in [3.63, 3.8) is 0 Å². The molecule has 1 atom stereocenters. The summed E-state index contributed by atoms with van der Waals surface area (Å²) in [4.78, 5) is 8.93. The molecule has 1 aliphatic heterocycles. The van der Waals surface area contributed by atoms with Crippen LogP contribution < -0.4 is 5.32 Å².